The maximum absolute atomic E-state index is 12.7. The molecular weight excluding hydrogens is 368 g/mol. The first-order chi connectivity index (χ1) is 10.8. The number of hydrogen-bond acceptors (Lipinski definition) is 4. The molecule has 8 heteroatoms. The van der Waals surface area contributed by atoms with E-state index in [4.69, 9.17) is 0 Å². The number of benzene rings is 1. The second-order valence-electron chi connectivity index (χ2n) is 6.15. The molecule has 0 spiro atoms. The van der Waals surface area contributed by atoms with Gasteiger partial charge in [-0.15, -0.1) is 0 Å². The van der Waals surface area contributed by atoms with Gasteiger partial charge in [0.25, 0.3) is 11.6 Å². The molecular formula is C15H15BrN2O5. The molecule has 1 N–H and O–H groups in total. The Morgan fingerprint density at radius 3 is 2.78 bits per heavy atom. The van der Waals surface area contributed by atoms with Gasteiger partial charge in [-0.1, -0.05) is 22.4 Å². The molecule has 1 aliphatic carbocycles. The van der Waals surface area contributed by atoms with Gasteiger partial charge in [0.15, 0.2) is 0 Å². The summed E-state index contributed by atoms with van der Waals surface area (Å²) in [5, 5.41) is 20.8. The zero-order valence-electron chi connectivity index (χ0n) is 12.2. The van der Waals surface area contributed by atoms with E-state index >= 15 is 0 Å². The number of nitrogens with zero attached hydrogens (tertiary/aromatic N) is 2. The van der Waals surface area contributed by atoms with E-state index in [0.717, 1.165) is 12.8 Å². The van der Waals surface area contributed by atoms with Crippen LogP contribution in [0.4, 0.5) is 5.69 Å². The highest BCUT2D eigenvalue weighted by atomic mass is 79.9. The molecule has 0 unspecified atom stereocenters. The van der Waals surface area contributed by atoms with E-state index in [2.05, 4.69) is 15.9 Å². The lowest BCUT2D eigenvalue weighted by atomic mass is 9.81. The van der Waals surface area contributed by atoms with E-state index in [1.54, 1.807) is 6.07 Å². The number of hydrogen-bond donors (Lipinski definition) is 1. The molecule has 1 amide bonds. The van der Waals surface area contributed by atoms with E-state index in [0.29, 0.717) is 17.4 Å². The number of amides is 1. The van der Waals surface area contributed by atoms with E-state index in [1.807, 2.05) is 0 Å². The summed E-state index contributed by atoms with van der Waals surface area (Å²) < 4.78 is 0.515. The topological polar surface area (TPSA) is 101 Å². The number of aliphatic carboxylic acids is 1. The molecule has 3 rings (SSSR count). The molecule has 1 heterocycles. The first-order valence-electron chi connectivity index (χ1n) is 7.32. The summed E-state index contributed by atoms with van der Waals surface area (Å²) in [6.45, 7) is 0.470. The van der Waals surface area contributed by atoms with Gasteiger partial charge in [-0.25, -0.2) is 0 Å². The smallest absolute Gasteiger partial charge is 0.311 e. The number of carbonyl (C=O) groups is 2. The average Bonchev–Trinajstić information content (AvgIpc) is 3.04. The largest absolute Gasteiger partial charge is 0.481 e. The maximum atomic E-state index is 12.7. The number of nitro groups is 1. The molecule has 1 aliphatic heterocycles. The molecule has 2 aliphatic rings. The first-order valence-corrected chi connectivity index (χ1v) is 8.11. The Bertz CT molecular complexity index is 707. The van der Waals surface area contributed by atoms with Crippen LogP contribution in [0.5, 0.6) is 0 Å². The summed E-state index contributed by atoms with van der Waals surface area (Å²) in [7, 11) is 0. The highest BCUT2D eigenvalue weighted by Crippen LogP contribution is 2.49. The van der Waals surface area contributed by atoms with Gasteiger partial charge < -0.3 is 10.0 Å². The summed E-state index contributed by atoms with van der Waals surface area (Å²) in [5.74, 6) is -1.42. The van der Waals surface area contributed by atoms with Crippen molar-refractivity contribution < 1.29 is 19.6 Å². The second-order valence-corrected chi connectivity index (χ2v) is 7.07. The Morgan fingerprint density at radius 2 is 2.17 bits per heavy atom. The van der Waals surface area contributed by atoms with Gasteiger partial charge in [0.1, 0.15) is 5.56 Å². The van der Waals surface area contributed by atoms with Gasteiger partial charge in [0.2, 0.25) is 0 Å². The second kappa shape index (κ2) is 5.59. The number of carboxylic acid groups (broad SMARTS) is 1. The van der Waals surface area contributed by atoms with Crippen LogP contribution < -0.4 is 0 Å². The van der Waals surface area contributed by atoms with Crippen molar-refractivity contribution in [1.82, 2.24) is 4.90 Å². The zero-order chi connectivity index (χ0) is 16.8. The maximum Gasteiger partial charge on any atom is 0.311 e. The van der Waals surface area contributed by atoms with Crippen molar-refractivity contribution in [2.45, 2.75) is 19.3 Å². The summed E-state index contributed by atoms with van der Waals surface area (Å²) in [5.41, 5.74) is -1.16. The summed E-state index contributed by atoms with van der Waals surface area (Å²) in [4.78, 5) is 36.4. The van der Waals surface area contributed by atoms with Crippen molar-refractivity contribution in [1.29, 1.82) is 0 Å². The van der Waals surface area contributed by atoms with Crippen LogP contribution in [-0.4, -0.2) is 39.9 Å². The normalized spacial score (nSPS) is 26.1. The van der Waals surface area contributed by atoms with E-state index in [1.165, 1.54) is 17.0 Å². The van der Waals surface area contributed by atoms with Crippen LogP contribution >= 0.6 is 15.9 Å². The van der Waals surface area contributed by atoms with E-state index < -0.39 is 22.2 Å². The zero-order valence-corrected chi connectivity index (χ0v) is 13.8. The lowest BCUT2D eigenvalue weighted by Crippen LogP contribution is -2.37. The van der Waals surface area contributed by atoms with Gasteiger partial charge in [-0.3, -0.25) is 19.7 Å². The highest BCUT2D eigenvalue weighted by molar-refractivity contribution is 9.10. The standard InChI is InChI=1S/C15H15BrN2O5/c16-10-3-4-11(12(6-10)18(22)23)13(19)17-7-9-2-1-5-15(9,8-17)14(20)21/h3-4,6,9H,1-2,5,7-8H2,(H,20,21)/t9-,15+/m0/s1. The van der Waals surface area contributed by atoms with Crippen molar-refractivity contribution in [3.8, 4) is 0 Å². The lowest BCUT2D eigenvalue weighted by molar-refractivity contribution is -0.385. The monoisotopic (exact) mass is 382 g/mol. The average molecular weight is 383 g/mol. The van der Waals surface area contributed by atoms with Crippen molar-refractivity contribution in [3.05, 3.63) is 38.3 Å². The molecule has 1 aromatic carbocycles. The minimum atomic E-state index is -0.889. The molecule has 2 fully saturated rings. The molecule has 0 radical (unpaired) electrons. The molecule has 1 aromatic rings. The number of fused-ring (bicyclic) bond motifs is 1. The Labute approximate surface area is 140 Å². The van der Waals surface area contributed by atoms with Crippen LogP contribution in [0.3, 0.4) is 0 Å². The predicted octanol–water partition coefficient (Wildman–Crippen LogP) is 2.68. The summed E-state index contributed by atoms with van der Waals surface area (Å²) in [6, 6.07) is 4.27. The third kappa shape index (κ3) is 2.50. The van der Waals surface area contributed by atoms with Crippen LogP contribution in [0.1, 0.15) is 29.6 Å². The third-order valence-electron chi connectivity index (χ3n) is 4.97. The Hall–Kier alpha value is -1.96. The Balaban J connectivity index is 1.91. The van der Waals surface area contributed by atoms with Crippen molar-refractivity contribution in [2.75, 3.05) is 13.1 Å². The SMILES string of the molecule is O=C(c1ccc(Br)cc1[N+](=O)[O-])N1C[C@@H]2CCC[C@@]2(C(=O)O)C1. The highest BCUT2D eigenvalue weighted by Gasteiger charge is 2.56. The Morgan fingerprint density at radius 1 is 1.43 bits per heavy atom. The molecule has 23 heavy (non-hydrogen) atoms. The fourth-order valence-corrected chi connectivity index (χ4v) is 4.15. The molecule has 0 bridgehead atoms. The number of rotatable bonds is 3. The van der Waals surface area contributed by atoms with Crippen molar-refractivity contribution in [2.24, 2.45) is 11.3 Å². The first kappa shape index (κ1) is 15.9. The quantitative estimate of drug-likeness (QED) is 0.639. The molecule has 1 saturated heterocycles. The lowest BCUT2D eigenvalue weighted by Gasteiger charge is -2.23. The Kier molecular flexibility index (Phi) is 3.87. The van der Waals surface area contributed by atoms with Crippen molar-refractivity contribution in [3.63, 3.8) is 0 Å². The molecule has 7 nitrogen and oxygen atoms in total. The van der Waals surface area contributed by atoms with Gasteiger partial charge in [-0.05, 0) is 30.9 Å². The van der Waals surface area contributed by atoms with Gasteiger partial charge in [0, 0.05) is 23.6 Å². The fourth-order valence-electron chi connectivity index (χ4n) is 3.80. The van der Waals surface area contributed by atoms with Crippen molar-refractivity contribution >= 4 is 33.5 Å². The van der Waals surface area contributed by atoms with Gasteiger partial charge in [-0.2, -0.15) is 0 Å². The van der Waals surface area contributed by atoms with Crippen LogP contribution in [0.15, 0.2) is 22.7 Å². The van der Waals surface area contributed by atoms with Crippen LogP contribution in [-0.2, 0) is 4.79 Å². The molecule has 1 saturated carbocycles. The number of carbonyl (C=O) groups excluding carboxylic acids is 1. The molecule has 0 aromatic heterocycles. The number of carboxylic acids is 1. The fraction of sp³-hybridized carbons (Fsp3) is 0.467. The number of halogens is 1. The van der Waals surface area contributed by atoms with E-state index in [-0.39, 0.29) is 23.7 Å². The minimum absolute atomic E-state index is 0.00119. The van der Waals surface area contributed by atoms with E-state index in [9.17, 15) is 24.8 Å². The molecule has 122 valence electrons. The summed E-state index contributed by atoms with van der Waals surface area (Å²) in [6.07, 6.45) is 2.18. The number of nitro benzene ring substituents is 1. The van der Waals surface area contributed by atoms with Crippen LogP contribution in [0.2, 0.25) is 0 Å². The third-order valence-corrected chi connectivity index (χ3v) is 5.46. The van der Waals surface area contributed by atoms with Gasteiger partial charge in [0.05, 0.1) is 10.3 Å². The predicted molar refractivity (Wildman–Crippen MR) is 84.1 cm³/mol. The number of likely N-dealkylation sites (tertiary alicyclic amines) is 1. The van der Waals surface area contributed by atoms with Crippen LogP contribution in [0, 0.1) is 21.4 Å². The van der Waals surface area contributed by atoms with Crippen LogP contribution in [0.25, 0.3) is 0 Å². The van der Waals surface area contributed by atoms with Gasteiger partial charge >= 0.3 is 5.97 Å². The summed E-state index contributed by atoms with van der Waals surface area (Å²) >= 11 is 3.16. The molecule has 2 atom stereocenters. The minimum Gasteiger partial charge on any atom is -0.481 e.